The minimum absolute atomic E-state index is 0.0639. The van der Waals surface area contributed by atoms with E-state index in [0.29, 0.717) is 18.8 Å². The summed E-state index contributed by atoms with van der Waals surface area (Å²) in [4.78, 5) is 23.8. The Balaban J connectivity index is 1.77. The minimum atomic E-state index is -0.830. The second-order valence-corrected chi connectivity index (χ2v) is 5.73. The van der Waals surface area contributed by atoms with Crippen LogP contribution in [0.3, 0.4) is 0 Å². The third kappa shape index (κ3) is 1.87. The Kier molecular flexibility index (Phi) is 3.09. The number of aliphatic hydroxyl groups is 1. The van der Waals surface area contributed by atoms with Crippen molar-refractivity contribution in [3.05, 3.63) is 12.2 Å². The van der Waals surface area contributed by atoms with Gasteiger partial charge in [0.2, 0.25) is 5.91 Å². The molecular weight excluding hydrogens is 246 g/mol. The maximum atomic E-state index is 11.9. The standard InChI is InChI=1S/C14H19NO4/c16-7-6-10-11-14(13(18)19-11,15-12(10)17)8-9-4-2-1-3-5-9/h2,4,9-11,16H,1,3,5-8H2,(H,15,17). The van der Waals surface area contributed by atoms with Gasteiger partial charge in [0.05, 0.1) is 5.92 Å². The van der Waals surface area contributed by atoms with Gasteiger partial charge in [0.15, 0.2) is 5.54 Å². The Hall–Kier alpha value is -1.36. The number of ether oxygens (including phenoxy) is 1. The van der Waals surface area contributed by atoms with Crippen LogP contribution in [-0.2, 0) is 14.3 Å². The molecule has 1 aliphatic carbocycles. The number of allylic oxidation sites excluding steroid dienone is 2. The summed E-state index contributed by atoms with van der Waals surface area (Å²) in [7, 11) is 0. The molecule has 2 fully saturated rings. The fraction of sp³-hybridized carbons (Fsp3) is 0.714. The number of fused-ring (bicyclic) bond motifs is 1. The van der Waals surface area contributed by atoms with Gasteiger partial charge in [0, 0.05) is 6.61 Å². The summed E-state index contributed by atoms with van der Waals surface area (Å²) in [5.74, 6) is -0.539. The Morgan fingerprint density at radius 3 is 2.95 bits per heavy atom. The van der Waals surface area contributed by atoms with Crippen LogP contribution in [0.4, 0.5) is 0 Å². The van der Waals surface area contributed by atoms with Gasteiger partial charge in [-0.3, -0.25) is 4.79 Å². The van der Waals surface area contributed by atoms with Crippen molar-refractivity contribution in [2.75, 3.05) is 6.61 Å². The lowest BCUT2D eigenvalue weighted by Crippen LogP contribution is -2.67. The molecule has 4 atom stereocenters. The Morgan fingerprint density at radius 1 is 1.47 bits per heavy atom. The number of hydrogen-bond acceptors (Lipinski definition) is 4. The predicted molar refractivity (Wildman–Crippen MR) is 67.0 cm³/mol. The topological polar surface area (TPSA) is 75.6 Å². The quantitative estimate of drug-likeness (QED) is 0.574. The normalized spacial score (nSPS) is 40.4. The highest BCUT2D eigenvalue weighted by Crippen LogP contribution is 2.44. The second-order valence-electron chi connectivity index (χ2n) is 5.73. The highest BCUT2D eigenvalue weighted by atomic mass is 16.6. The van der Waals surface area contributed by atoms with Crippen molar-refractivity contribution in [2.24, 2.45) is 11.8 Å². The largest absolute Gasteiger partial charge is 0.457 e. The van der Waals surface area contributed by atoms with Gasteiger partial charge < -0.3 is 15.2 Å². The molecule has 5 heteroatoms. The summed E-state index contributed by atoms with van der Waals surface area (Å²) in [5, 5.41) is 11.9. The maximum absolute atomic E-state index is 11.9. The molecule has 0 saturated carbocycles. The minimum Gasteiger partial charge on any atom is -0.457 e. The molecule has 0 spiro atoms. The lowest BCUT2D eigenvalue weighted by molar-refractivity contribution is -0.194. The van der Waals surface area contributed by atoms with E-state index >= 15 is 0 Å². The molecular formula is C14H19NO4. The number of esters is 1. The Morgan fingerprint density at radius 2 is 2.32 bits per heavy atom. The zero-order valence-electron chi connectivity index (χ0n) is 10.8. The summed E-state index contributed by atoms with van der Waals surface area (Å²) < 4.78 is 5.19. The molecule has 5 nitrogen and oxygen atoms in total. The van der Waals surface area contributed by atoms with E-state index in [4.69, 9.17) is 9.84 Å². The van der Waals surface area contributed by atoms with Crippen LogP contribution in [0.2, 0.25) is 0 Å². The predicted octanol–water partition coefficient (Wildman–Crippen LogP) is 0.525. The van der Waals surface area contributed by atoms with E-state index in [9.17, 15) is 9.59 Å². The van der Waals surface area contributed by atoms with Crippen LogP contribution in [-0.4, -0.2) is 35.2 Å². The van der Waals surface area contributed by atoms with Crippen molar-refractivity contribution in [3.63, 3.8) is 0 Å². The van der Waals surface area contributed by atoms with E-state index in [1.165, 1.54) is 0 Å². The molecule has 3 rings (SSSR count). The van der Waals surface area contributed by atoms with Crippen LogP contribution in [0.5, 0.6) is 0 Å². The van der Waals surface area contributed by atoms with Crippen molar-refractivity contribution in [1.82, 2.24) is 5.32 Å². The molecule has 19 heavy (non-hydrogen) atoms. The van der Waals surface area contributed by atoms with Crippen molar-refractivity contribution < 1.29 is 19.4 Å². The SMILES string of the molecule is O=C1NC2(CC3C=CCCC3)C(=O)OC2C1CCO. The highest BCUT2D eigenvalue weighted by Gasteiger charge is 2.68. The number of carbonyl (C=O) groups is 2. The van der Waals surface area contributed by atoms with Crippen LogP contribution in [0, 0.1) is 11.8 Å². The molecule has 2 heterocycles. The van der Waals surface area contributed by atoms with Crippen LogP contribution >= 0.6 is 0 Å². The zero-order valence-corrected chi connectivity index (χ0v) is 10.8. The van der Waals surface area contributed by atoms with Crippen LogP contribution in [0.1, 0.15) is 32.1 Å². The van der Waals surface area contributed by atoms with E-state index in [-0.39, 0.29) is 18.5 Å². The number of rotatable bonds is 4. The van der Waals surface area contributed by atoms with Crippen LogP contribution in [0.25, 0.3) is 0 Å². The molecule has 0 radical (unpaired) electrons. The second kappa shape index (κ2) is 4.63. The molecule has 1 amide bonds. The number of carbonyl (C=O) groups excluding carboxylic acids is 2. The smallest absolute Gasteiger partial charge is 0.336 e. The summed E-state index contributed by atoms with van der Waals surface area (Å²) in [6, 6.07) is 0. The first-order valence-corrected chi connectivity index (χ1v) is 6.98. The summed E-state index contributed by atoms with van der Waals surface area (Å²) in [6.45, 7) is -0.0639. The van der Waals surface area contributed by atoms with Gasteiger partial charge in [-0.05, 0) is 38.0 Å². The van der Waals surface area contributed by atoms with Gasteiger partial charge in [-0.25, -0.2) is 4.79 Å². The Bertz CT molecular complexity index is 433. The molecule has 2 aliphatic heterocycles. The molecule has 0 aromatic heterocycles. The summed E-state index contributed by atoms with van der Waals surface area (Å²) in [5.41, 5.74) is -0.830. The van der Waals surface area contributed by atoms with Crippen LogP contribution in [0.15, 0.2) is 12.2 Å². The first-order chi connectivity index (χ1) is 9.17. The molecule has 2 saturated heterocycles. The number of hydrogen-bond donors (Lipinski definition) is 2. The van der Waals surface area contributed by atoms with E-state index in [1.54, 1.807) is 0 Å². The van der Waals surface area contributed by atoms with Crippen molar-refractivity contribution >= 4 is 11.9 Å². The highest BCUT2D eigenvalue weighted by molar-refractivity contribution is 5.99. The molecule has 2 N–H and O–H groups in total. The average molecular weight is 265 g/mol. The van der Waals surface area contributed by atoms with Crippen molar-refractivity contribution in [1.29, 1.82) is 0 Å². The van der Waals surface area contributed by atoms with Gasteiger partial charge in [0.1, 0.15) is 6.10 Å². The molecule has 0 aromatic carbocycles. The van der Waals surface area contributed by atoms with Gasteiger partial charge in [-0.1, -0.05) is 12.2 Å². The fourth-order valence-corrected chi connectivity index (χ4v) is 3.52. The molecule has 4 unspecified atom stereocenters. The molecule has 3 aliphatic rings. The lowest BCUT2D eigenvalue weighted by atomic mass is 9.75. The van der Waals surface area contributed by atoms with Gasteiger partial charge >= 0.3 is 5.97 Å². The lowest BCUT2D eigenvalue weighted by Gasteiger charge is -2.44. The monoisotopic (exact) mass is 265 g/mol. The summed E-state index contributed by atoms with van der Waals surface area (Å²) in [6.07, 6.45) is 8.15. The van der Waals surface area contributed by atoms with E-state index in [0.717, 1.165) is 19.3 Å². The zero-order chi connectivity index (χ0) is 13.5. The summed E-state index contributed by atoms with van der Waals surface area (Å²) >= 11 is 0. The number of aliphatic hydroxyl groups excluding tert-OH is 1. The van der Waals surface area contributed by atoms with Gasteiger partial charge in [-0.2, -0.15) is 0 Å². The van der Waals surface area contributed by atoms with Crippen molar-refractivity contribution in [2.45, 2.75) is 43.7 Å². The first-order valence-electron chi connectivity index (χ1n) is 6.98. The van der Waals surface area contributed by atoms with Gasteiger partial charge in [0.25, 0.3) is 0 Å². The van der Waals surface area contributed by atoms with E-state index in [1.807, 2.05) is 0 Å². The number of nitrogens with one attached hydrogen (secondary N) is 1. The fourth-order valence-electron chi connectivity index (χ4n) is 3.52. The maximum Gasteiger partial charge on any atom is 0.336 e. The average Bonchev–Trinajstić information content (AvgIpc) is 2.62. The first kappa shape index (κ1) is 12.7. The van der Waals surface area contributed by atoms with E-state index in [2.05, 4.69) is 17.5 Å². The van der Waals surface area contributed by atoms with E-state index < -0.39 is 17.6 Å². The van der Waals surface area contributed by atoms with Crippen molar-refractivity contribution in [3.8, 4) is 0 Å². The molecule has 0 aromatic rings. The third-order valence-electron chi connectivity index (χ3n) is 4.51. The number of amides is 1. The van der Waals surface area contributed by atoms with Gasteiger partial charge in [-0.15, -0.1) is 0 Å². The third-order valence-corrected chi connectivity index (χ3v) is 4.51. The van der Waals surface area contributed by atoms with Crippen LogP contribution < -0.4 is 5.32 Å². The molecule has 0 bridgehead atoms. The Labute approximate surface area is 112 Å². The molecule has 104 valence electrons.